The fourth-order valence-electron chi connectivity index (χ4n) is 4.57. The van der Waals surface area contributed by atoms with Crippen LogP contribution in [0.5, 0.6) is 0 Å². The number of rotatable bonds is 7. The van der Waals surface area contributed by atoms with E-state index in [9.17, 15) is 18.4 Å². The summed E-state index contributed by atoms with van der Waals surface area (Å²) in [6.45, 7) is 1.43. The molecule has 3 N–H and O–H groups in total. The molecule has 0 atom stereocenters. The first kappa shape index (κ1) is 27.1. The minimum Gasteiger partial charge on any atom is -0.326 e. The number of anilines is 4. The second-order valence-corrected chi connectivity index (χ2v) is 9.41. The molecule has 0 fully saturated rings. The Hall–Kier alpha value is -6.04. The van der Waals surface area contributed by atoms with Crippen LogP contribution in [0.4, 0.5) is 31.8 Å². The Morgan fingerprint density at radius 3 is 2.30 bits per heavy atom. The number of carbonyl (C=O) groups excluding carboxylic acids is 2. The first-order chi connectivity index (χ1) is 20.9. The van der Waals surface area contributed by atoms with Gasteiger partial charge in [0.2, 0.25) is 11.9 Å². The van der Waals surface area contributed by atoms with E-state index in [2.05, 4.69) is 31.1 Å². The van der Waals surface area contributed by atoms with Crippen LogP contribution < -0.4 is 16.0 Å². The van der Waals surface area contributed by atoms with Gasteiger partial charge in [0.1, 0.15) is 22.9 Å². The topological polar surface area (TPSA) is 126 Å². The number of amides is 2. The van der Waals surface area contributed by atoms with Crippen molar-refractivity contribution in [3.63, 3.8) is 0 Å². The summed E-state index contributed by atoms with van der Waals surface area (Å²) in [7, 11) is 0. The highest BCUT2D eigenvalue weighted by molar-refractivity contribution is 6.05. The molecule has 0 saturated heterocycles. The van der Waals surface area contributed by atoms with Crippen LogP contribution in [0.3, 0.4) is 0 Å². The average Bonchev–Trinajstić information content (AvgIpc) is 3.37. The molecular weight excluding hydrogens is 554 g/mol. The third kappa shape index (κ3) is 5.75. The largest absolute Gasteiger partial charge is 0.326 e. The van der Waals surface area contributed by atoms with Crippen molar-refractivity contribution in [1.29, 1.82) is 0 Å². The molecule has 0 spiro atoms. The molecule has 6 rings (SSSR count). The van der Waals surface area contributed by atoms with Crippen molar-refractivity contribution >= 4 is 40.3 Å². The van der Waals surface area contributed by atoms with E-state index < -0.39 is 23.1 Å². The summed E-state index contributed by atoms with van der Waals surface area (Å²) in [6, 6.07) is 22.5. The Labute approximate surface area is 243 Å². The van der Waals surface area contributed by atoms with Crippen molar-refractivity contribution in [2.45, 2.75) is 6.92 Å². The molecule has 2 amide bonds. The standard InChI is InChI=1S/C31H22F2N8O2/c1-18(42)36-21-8-3-9-22(17-21)38-31-34-15-13-25(39-31)28-26-12-5-14-35-41(26)40-29(28)19-6-2-7-20(16-19)37-30(43)27-23(32)10-4-11-24(27)33/h2-17H,1H3,(H,36,42)(H,37,43)(H,34,38,39). The lowest BCUT2D eigenvalue weighted by Gasteiger charge is -2.10. The highest BCUT2D eigenvalue weighted by Gasteiger charge is 2.21. The summed E-state index contributed by atoms with van der Waals surface area (Å²) in [4.78, 5) is 33.3. The molecule has 0 unspecified atom stereocenters. The zero-order valence-electron chi connectivity index (χ0n) is 22.5. The molecule has 6 aromatic rings. The summed E-state index contributed by atoms with van der Waals surface area (Å²) >= 11 is 0. The van der Waals surface area contributed by atoms with Gasteiger partial charge in [0.05, 0.1) is 16.8 Å². The predicted molar refractivity (Wildman–Crippen MR) is 158 cm³/mol. The number of nitrogens with zero attached hydrogens (tertiary/aromatic N) is 5. The highest BCUT2D eigenvalue weighted by atomic mass is 19.1. The average molecular weight is 577 g/mol. The number of hydrogen-bond donors (Lipinski definition) is 3. The van der Waals surface area contributed by atoms with Gasteiger partial charge in [0.15, 0.2) is 0 Å². The lowest BCUT2D eigenvalue weighted by molar-refractivity contribution is -0.114. The second kappa shape index (κ2) is 11.4. The lowest BCUT2D eigenvalue weighted by atomic mass is 10.0. The molecule has 3 aromatic heterocycles. The molecule has 3 heterocycles. The van der Waals surface area contributed by atoms with E-state index in [4.69, 9.17) is 4.98 Å². The van der Waals surface area contributed by atoms with Crippen LogP contribution in [0.1, 0.15) is 17.3 Å². The number of benzene rings is 3. The molecule has 3 aromatic carbocycles. The number of aromatic nitrogens is 5. The van der Waals surface area contributed by atoms with Crippen LogP contribution in [0.25, 0.3) is 28.0 Å². The van der Waals surface area contributed by atoms with Crippen LogP contribution in [0.2, 0.25) is 0 Å². The van der Waals surface area contributed by atoms with Crippen molar-refractivity contribution in [3.8, 4) is 22.5 Å². The van der Waals surface area contributed by atoms with Crippen LogP contribution >= 0.6 is 0 Å². The number of nitrogens with one attached hydrogen (secondary N) is 3. The summed E-state index contributed by atoms with van der Waals surface area (Å²) in [5.41, 5.74) is 3.88. The quantitative estimate of drug-likeness (QED) is 0.210. The molecule has 0 radical (unpaired) electrons. The number of hydrogen-bond acceptors (Lipinski definition) is 7. The minimum absolute atomic E-state index is 0.187. The maximum Gasteiger partial charge on any atom is 0.261 e. The van der Waals surface area contributed by atoms with Gasteiger partial charge in [-0.25, -0.2) is 18.7 Å². The number of carbonyl (C=O) groups is 2. The van der Waals surface area contributed by atoms with Gasteiger partial charge in [-0.2, -0.15) is 9.73 Å². The molecule has 12 heteroatoms. The predicted octanol–water partition coefficient (Wildman–Crippen LogP) is 6.09. The Bertz CT molecular complexity index is 1990. The molecule has 10 nitrogen and oxygen atoms in total. The van der Waals surface area contributed by atoms with Gasteiger partial charge in [0, 0.05) is 41.9 Å². The minimum atomic E-state index is -0.961. The summed E-state index contributed by atoms with van der Waals surface area (Å²) in [5.74, 6) is -2.72. The van der Waals surface area contributed by atoms with E-state index >= 15 is 0 Å². The zero-order valence-corrected chi connectivity index (χ0v) is 22.5. The molecule has 0 aliphatic rings. The first-order valence-electron chi connectivity index (χ1n) is 13.0. The zero-order chi connectivity index (χ0) is 29.9. The molecule has 0 bridgehead atoms. The van der Waals surface area contributed by atoms with E-state index in [1.54, 1.807) is 67.0 Å². The van der Waals surface area contributed by atoms with Crippen LogP contribution in [0, 0.1) is 11.6 Å². The molecule has 0 saturated carbocycles. The van der Waals surface area contributed by atoms with Crippen molar-refractivity contribution < 1.29 is 18.4 Å². The first-order valence-corrected chi connectivity index (χ1v) is 13.0. The Morgan fingerprint density at radius 2 is 1.51 bits per heavy atom. The van der Waals surface area contributed by atoms with Gasteiger partial charge in [-0.1, -0.05) is 24.3 Å². The number of halogens is 2. The Balaban J connectivity index is 1.36. The van der Waals surface area contributed by atoms with Gasteiger partial charge in [-0.05, 0) is 60.7 Å². The van der Waals surface area contributed by atoms with Gasteiger partial charge >= 0.3 is 0 Å². The molecular formula is C31H22F2N8O2. The summed E-state index contributed by atoms with van der Waals surface area (Å²) in [6.07, 6.45) is 3.20. The maximum atomic E-state index is 14.2. The van der Waals surface area contributed by atoms with Gasteiger partial charge in [-0.3, -0.25) is 9.59 Å². The third-order valence-electron chi connectivity index (χ3n) is 6.35. The van der Waals surface area contributed by atoms with Gasteiger partial charge < -0.3 is 16.0 Å². The molecule has 0 aliphatic heterocycles. The molecule has 212 valence electrons. The lowest BCUT2D eigenvalue weighted by Crippen LogP contribution is -2.15. The summed E-state index contributed by atoms with van der Waals surface area (Å²) in [5, 5.41) is 17.5. The monoisotopic (exact) mass is 576 g/mol. The van der Waals surface area contributed by atoms with E-state index in [0.29, 0.717) is 51.0 Å². The van der Waals surface area contributed by atoms with E-state index in [-0.39, 0.29) is 5.91 Å². The van der Waals surface area contributed by atoms with Crippen molar-refractivity contribution in [2.75, 3.05) is 16.0 Å². The van der Waals surface area contributed by atoms with Crippen molar-refractivity contribution in [3.05, 3.63) is 115 Å². The Kier molecular flexibility index (Phi) is 7.23. The highest BCUT2D eigenvalue weighted by Crippen LogP contribution is 2.35. The molecule has 0 aliphatic carbocycles. The maximum absolute atomic E-state index is 14.2. The summed E-state index contributed by atoms with van der Waals surface area (Å²) < 4.78 is 29.9. The van der Waals surface area contributed by atoms with Crippen molar-refractivity contribution in [2.24, 2.45) is 0 Å². The van der Waals surface area contributed by atoms with Crippen molar-refractivity contribution in [1.82, 2.24) is 24.8 Å². The van der Waals surface area contributed by atoms with E-state index in [0.717, 1.165) is 12.1 Å². The fraction of sp³-hybridized carbons (Fsp3) is 0.0323. The van der Waals surface area contributed by atoms with Gasteiger partial charge in [0.25, 0.3) is 5.91 Å². The Morgan fingerprint density at radius 1 is 0.791 bits per heavy atom. The SMILES string of the molecule is CC(=O)Nc1cccc(Nc2nccc(-c3c(-c4cccc(NC(=O)c5c(F)cccc5F)c4)nn4ncccc34)n2)c1. The second-order valence-electron chi connectivity index (χ2n) is 9.41. The van der Waals surface area contributed by atoms with Crippen LogP contribution in [0.15, 0.2) is 97.3 Å². The van der Waals surface area contributed by atoms with E-state index in [1.807, 2.05) is 12.1 Å². The van der Waals surface area contributed by atoms with Crippen LogP contribution in [-0.2, 0) is 4.79 Å². The van der Waals surface area contributed by atoms with Gasteiger partial charge in [-0.15, -0.1) is 5.10 Å². The normalized spacial score (nSPS) is 10.9. The van der Waals surface area contributed by atoms with Crippen LogP contribution in [-0.4, -0.2) is 36.6 Å². The molecule has 43 heavy (non-hydrogen) atoms. The van der Waals surface area contributed by atoms with E-state index in [1.165, 1.54) is 17.6 Å². The third-order valence-corrected chi connectivity index (χ3v) is 6.35. The number of fused-ring (bicyclic) bond motifs is 1. The fourth-order valence-corrected chi connectivity index (χ4v) is 4.57. The smallest absolute Gasteiger partial charge is 0.261 e.